The Morgan fingerprint density at radius 1 is 0.600 bits per heavy atom. The Morgan fingerprint density at radius 2 is 1.01 bits per heavy atom. The van der Waals surface area contributed by atoms with Gasteiger partial charge in [-0.2, -0.15) is 13.5 Å². The first kappa shape index (κ1) is 57.9. The number of hydrogen-bond acceptors (Lipinski definition) is 15. The molecule has 0 atom stereocenters. The molecule has 4 N–H and O–H groups in total. The standard InChI is InChI=1S/2C26H22ClN3O6S.Ba/c2*1-3-15-13-22(21(27)14-23(15)37(33,34)35)29-30-24-19-7-5-4-6-16(19)12-20(25(24)31)26(32)28-17-8-10-18(36-2)11-9-17;/h2*4-14,31H,3H2,1-2H3,(H,28,32)(H,33,34,35);/q;;+2/p-2. The smallest absolute Gasteiger partial charge is 0.870 e. The van der Waals surface area contributed by atoms with E-state index < -0.39 is 48.4 Å². The van der Waals surface area contributed by atoms with Crippen LogP contribution in [0.3, 0.4) is 0 Å². The first-order valence-electron chi connectivity index (χ1n) is 22.0. The van der Waals surface area contributed by atoms with Gasteiger partial charge in [0.05, 0.1) is 45.3 Å². The minimum absolute atomic E-state index is 0. The van der Waals surface area contributed by atoms with Gasteiger partial charge in [0.2, 0.25) is 0 Å². The van der Waals surface area contributed by atoms with Gasteiger partial charge in [-0.1, -0.05) is 91.3 Å². The van der Waals surface area contributed by atoms with Crippen LogP contribution in [0.5, 0.6) is 23.0 Å². The number of benzene rings is 8. The first-order valence-corrected chi connectivity index (χ1v) is 25.6. The molecular formula is C52H42BaCl2N6O12S2. The Hall–Kier alpha value is -6.41. The van der Waals surface area contributed by atoms with E-state index in [4.69, 9.17) is 32.7 Å². The van der Waals surface area contributed by atoms with Crippen LogP contribution >= 0.6 is 23.2 Å². The number of carbonyl (C=O) groups is 2. The molecule has 0 bridgehead atoms. The zero-order chi connectivity index (χ0) is 53.5. The summed E-state index contributed by atoms with van der Waals surface area (Å²) in [6.07, 6.45) is 0.511. The van der Waals surface area contributed by atoms with Gasteiger partial charge in [-0.3, -0.25) is 14.1 Å². The van der Waals surface area contributed by atoms with Gasteiger partial charge >= 0.3 is 48.9 Å². The quantitative estimate of drug-likeness (QED) is 0.0449. The summed E-state index contributed by atoms with van der Waals surface area (Å²) in [7, 11) is -6.16. The van der Waals surface area contributed by atoms with Crippen molar-refractivity contribution in [1.82, 2.24) is 0 Å². The second kappa shape index (κ2) is 25.0. The number of methoxy groups -OCH3 is 2. The molecule has 0 fully saturated rings. The molecule has 8 aromatic rings. The van der Waals surface area contributed by atoms with E-state index in [2.05, 4.69) is 31.1 Å². The molecule has 18 nitrogen and oxygen atoms in total. The largest absolute Gasteiger partial charge is 2.00 e. The number of rotatable bonds is 14. The molecule has 0 unspecified atom stereocenters. The van der Waals surface area contributed by atoms with Gasteiger partial charge in [-0.25, -0.2) is 8.42 Å². The topological polar surface area (TPSA) is 281 Å². The number of ether oxygens (including phenoxy) is 2. The summed E-state index contributed by atoms with van der Waals surface area (Å²) in [4.78, 5) is 25.3. The number of fused-ring (bicyclic) bond motifs is 2. The number of anilines is 2. The number of azo groups is 2. The minimum atomic E-state index is -4.74. The predicted octanol–water partition coefficient (Wildman–Crippen LogP) is 12.0. The van der Waals surface area contributed by atoms with E-state index in [-0.39, 0.29) is 116 Å². The fourth-order valence-corrected chi connectivity index (χ4v) is 9.60. The van der Waals surface area contributed by atoms with Gasteiger partial charge in [0, 0.05) is 27.7 Å². The maximum atomic E-state index is 13.3. The molecule has 0 heterocycles. The molecule has 8 aromatic carbocycles. The third-order valence-electron chi connectivity index (χ3n) is 11.2. The van der Waals surface area contributed by atoms with Crippen molar-refractivity contribution in [2.45, 2.75) is 36.5 Å². The molecule has 0 aliphatic rings. The molecule has 23 heteroatoms. The third kappa shape index (κ3) is 13.7. The molecule has 0 aromatic heterocycles. The first-order chi connectivity index (χ1) is 35.2. The van der Waals surface area contributed by atoms with E-state index in [9.17, 15) is 45.7 Å². The van der Waals surface area contributed by atoms with Crippen molar-refractivity contribution in [1.29, 1.82) is 0 Å². The van der Waals surface area contributed by atoms with Gasteiger partial charge < -0.3 is 34.9 Å². The maximum Gasteiger partial charge on any atom is 2.00 e. The van der Waals surface area contributed by atoms with Crippen LogP contribution < -0.4 is 25.2 Å². The number of amides is 2. The fraction of sp³-hybridized carbons (Fsp3) is 0.115. The summed E-state index contributed by atoms with van der Waals surface area (Å²) >= 11 is 12.4. The SMILES string of the molecule is CCc1cc(N=Nc2c(O)c(C(=O)Nc3ccc(OC)cc3)cc3ccccc23)c(Cl)cc1S(=O)(=O)O.CCc1cc(N=Nc2c([O-])c(C(=O)Nc3ccc(OC)cc3)cc3ccccc23)c(Cl)cc1S(=O)(=O)[O-].[Ba+2]. The number of nitrogens with one attached hydrogen (secondary N) is 2. The molecule has 380 valence electrons. The van der Waals surface area contributed by atoms with Crippen molar-refractivity contribution in [3.8, 4) is 23.0 Å². The maximum absolute atomic E-state index is 13.3. The Kier molecular flexibility index (Phi) is 19.3. The normalized spacial score (nSPS) is 11.5. The van der Waals surface area contributed by atoms with E-state index in [1.54, 1.807) is 117 Å². The summed E-state index contributed by atoms with van der Waals surface area (Å²) in [5, 5.41) is 48.3. The average molecular weight is 1220 g/mol. The molecule has 0 spiro atoms. The van der Waals surface area contributed by atoms with Gasteiger partial charge in [0.15, 0.2) is 5.75 Å². The second-order valence-electron chi connectivity index (χ2n) is 15.9. The molecule has 0 radical (unpaired) electrons. The Bertz CT molecular complexity index is 3530. The molecule has 75 heavy (non-hydrogen) atoms. The van der Waals surface area contributed by atoms with Crippen LogP contribution in [0.1, 0.15) is 45.7 Å². The fourth-order valence-electron chi connectivity index (χ4n) is 7.47. The monoisotopic (exact) mass is 1210 g/mol. The number of aryl methyl sites for hydroxylation is 2. The van der Waals surface area contributed by atoms with Gasteiger partial charge in [-0.15, -0.1) is 15.3 Å². The Balaban J connectivity index is 0.000000241. The number of carbonyl (C=O) groups excluding carboxylic acids is 2. The van der Waals surface area contributed by atoms with E-state index in [0.29, 0.717) is 50.0 Å². The summed E-state index contributed by atoms with van der Waals surface area (Å²) < 4.78 is 77.7. The number of halogens is 2. The second-order valence-corrected chi connectivity index (χ2v) is 19.4. The van der Waals surface area contributed by atoms with Crippen LogP contribution in [0.2, 0.25) is 10.0 Å². The summed E-state index contributed by atoms with van der Waals surface area (Å²) in [6, 6.07) is 35.1. The molecule has 0 saturated heterocycles. The van der Waals surface area contributed by atoms with Crippen molar-refractivity contribution in [2.75, 3.05) is 24.9 Å². The number of phenols is 1. The van der Waals surface area contributed by atoms with Gasteiger partial charge in [0.1, 0.15) is 38.7 Å². The van der Waals surface area contributed by atoms with Crippen LogP contribution in [-0.2, 0) is 33.1 Å². The summed E-state index contributed by atoms with van der Waals surface area (Å²) in [6.45, 7) is 3.38. The molecule has 2 amide bonds. The number of phenolic OH excluding ortho intramolecular Hbond substituents is 1. The zero-order valence-corrected chi connectivity index (χ0v) is 47.7. The van der Waals surface area contributed by atoms with E-state index >= 15 is 0 Å². The van der Waals surface area contributed by atoms with Crippen molar-refractivity contribution in [3.05, 3.63) is 166 Å². The van der Waals surface area contributed by atoms with Crippen LogP contribution in [0.25, 0.3) is 21.5 Å². The summed E-state index contributed by atoms with van der Waals surface area (Å²) in [5.41, 5.74) is 1.45. The average Bonchev–Trinajstić information content (AvgIpc) is 3.38. The minimum Gasteiger partial charge on any atom is -0.870 e. The zero-order valence-electron chi connectivity index (χ0n) is 40.2. The van der Waals surface area contributed by atoms with Crippen LogP contribution in [-0.4, -0.2) is 106 Å². The Labute approximate surface area is 481 Å². The number of hydrogen-bond donors (Lipinski definition) is 4. The molecular weight excluding hydrogens is 1170 g/mol. The third-order valence-corrected chi connectivity index (χ3v) is 13.7. The molecule has 0 aliphatic heterocycles. The molecule has 8 rings (SSSR count). The van der Waals surface area contributed by atoms with Crippen LogP contribution in [0, 0.1) is 0 Å². The Morgan fingerprint density at radius 3 is 1.47 bits per heavy atom. The number of aromatic hydroxyl groups is 1. The summed E-state index contributed by atoms with van der Waals surface area (Å²) in [5.74, 6) is -0.998. The van der Waals surface area contributed by atoms with Crippen molar-refractivity contribution in [3.63, 3.8) is 0 Å². The van der Waals surface area contributed by atoms with E-state index in [1.165, 1.54) is 32.4 Å². The van der Waals surface area contributed by atoms with Crippen molar-refractivity contribution in [2.24, 2.45) is 20.5 Å². The van der Waals surface area contributed by atoms with Crippen molar-refractivity contribution >= 4 is 160 Å². The van der Waals surface area contributed by atoms with Gasteiger partial charge in [0.25, 0.3) is 21.9 Å². The van der Waals surface area contributed by atoms with E-state index in [1.807, 2.05) is 0 Å². The van der Waals surface area contributed by atoms with Crippen LogP contribution in [0.4, 0.5) is 34.1 Å². The molecule has 0 saturated carbocycles. The predicted molar refractivity (Wildman–Crippen MR) is 284 cm³/mol. The van der Waals surface area contributed by atoms with Crippen LogP contribution in [0.15, 0.2) is 164 Å². The molecule has 0 aliphatic carbocycles. The van der Waals surface area contributed by atoms with Crippen molar-refractivity contribution < 1.29 is 55.2 Å². The van der Waals surface area contributed by atoms with Gasteiger partial charge in [-0.05, 0) is 120 Å². The van der Waals surface area contributed by atoms with E-state index in [0.717, 1.165) is 12.1 Å². The number of nitrogens with zero attached hydrogens (tertiary/aromatic N) is 4.